The molecular formula is C13H15F2NO3. The van der Waals surface area contributed by atoms with Gasteiger partial charge in [0.1, 0.15) is 17.3 Å². The molecule has 6 heteroatoms. The van der Waals surface area contributed by atoms with Gasteiger partial charge in [-0.25, -0.2) is 13.6 Å². The molecule has 0 saturated carbocycles. The maximum absolute atomic E-state index is 13.8. The van der Waals surface area contributed by atoms with E-state index in [1.165, 1.54) is 0 Å². The normalized spacial score (nSPS) is 18.9. The van der Waals surface area contributed by atoms with Crippen molar-refractivity contribution in [1.82, 2.24) is 0 Å². The van der Waals surface area contributed by atoms with Crippen LogP contribution in [0.25, 0.3) is 0 Å². The second kappa shape index (κ2) is 5.52. The van der Waals surface area contributed by atoms with E-state index in [9.17, 15) is 13.6 Å². The summed E-state index contributed by atoms with van der Waals surface area (Å²) in [6.07, 6.45) is 1.37. The van der Waals surface area contributed by atoms with Crippen LogP contribution in [0.5, 0.6) is 0 Å². The largest absolute Gasteiger partial charge is 0.478 e. The Morgan fingerprint density at radius 2 is 2.00 bits per heavy atom. The highest BCUT2D eigenvalue weighted by atomic mass is 19.1. The number of carboxylic acid groups (broad SMARTS) is 1. The monoisotopic (exact) mass is 271 g/mol. The van der Waals surface area contributed by atoms with E-state index in [1.807, 2.05) is 0 Å². The van der Waals surface area contributed by atoms with E-state index in [2.05, 4.69) is 0 Å². The zero-order valence-electron chi connectivity index (χ0n) is 10.3. The van der Waals surface area contributed by atoms with E-state index in [1.54, 1.807) is 4.90 Å². The number of nitrogens with zero attached hydrogens (tertiary/aromatic N) is 1. The molecule has 4 nitrogen and oxygen atoms in total. The minimum absolute atomic E-state index is 0.0570. The minimum Gasteiger partial charge on any atom is -0.478 e. The summed E-state index contributed by atoms with van der Waals surface area (Å²) in [6.45, 7) is 1.03. The van der Waals surface area contributed by atoms with Gasteiger partial charge in [-0.1, -0.05) is 0 Å². The summed E-state index contributed by atoms with van der Waals surface area (Å²) in [5, 5.41) is 17.6. The molecule has 2 N–H and O–H groups in total. The fourth-order valence-electron chi connectivity index (χ4n) is 2.45. The topological polar surface area (TPSA) is 60.8 Å². The van der Waals surface area contributed by atoms with E-state index in [0.29, 0.717) is 19.5 Å². The van der Waals surface area contributed by atoms with Crippen molar-refractivity contribution in [3.63, 3.8) is 0 Å². The Kier molecular flexibility index (Phi) is 3.99. The first-order valence-electron chi connectivity index (χ1n) is 6.11. The molecule has 0 spiro atoms. The van der Waals surface area contributed by atoms with Crippen molar-refractivity contribution < 1.29 is 23.8 Å². The third kappa shape index (κ3) is 2.84. The van der Waals surface area contributed by atoms with Gasteiger partial charge in [-0.15, -0.1) is 0 Å². The number of hydrogen-bond donors (Lipinski definition) is 2. The smallest absolute Gasteiger partial charge is 0.335 e. The summed E-state index contributed by atoms with van der Waals surface area (Å²) in [6, 6.07) is 1.67. The van der Waals surface area contributed by atoms with Crippen molar-refractivity contribution in [2.75, 3.05) is 24.6 Å². The molecule has 0 aliphatic carbocycles. The van der Waals surface area contributed by atoms with Crippen LogP contribution < -0.4 is 4.90 Å². The van der Waals surface area contributed by atoms with Crippen molar-refractivity contribution in [2.45, 2.75) is 12.8 Å². The third-order valence-corrected chi connectivity index (χ3v) is 3.40. The van der Waals surface area contributed by atoms with Gasteiger partial charge in [-0.05, 0) is 30.9 Å². The van der Waals surface area contributed by atoms with Crippen molar-refractivity contribution in [3.8, 4) is 0 Å². The van der Waals surface area contributed by atoms with Crippen LogP contribution >= 0.6 is 0 Å². The first-order chi connectivity index (χ1) is 9.02. The Bertz CT molecular complexity index is 470. The van der Waals surface area contributed by atoms with Crippen molar-refractivity contribution in [2.24, 2.45) is 5.92 Å². The molecule has 1 heterocycles. The molecule has 1 saturated heterocycles. The average Bonchev–Trinajstić information content (AvgIpc) is 2.77. The maximum Gasteiger partial charge on any atom is 0.335 e. The van der Waals surface area contributed by atoms with Crippen LogP contribution in [0.3, 0.4) is 0 Å². The molecule has 2 rings (SSSR count). The first-order valence-corrected chi connectivity index (χ1v) is 6.11. The van der Waals surface area contributed by atoms with Crippen LogP contribution in [0.2, 0.25) is 0 Å². The second-order valence-electron chi connectivity index (χ2n) is 4.71. The predicted molar refractivity (Wildman–Crippen MR) is 65.3 cm³/mol. The van der Waals surface area contributed by atoms with Gasteiger partial charge in [0, 0.05) is 19.7 Å². The minimum atomic E-state index is -1.36. The lowest BCUT2D eigenvalue weighted by Crippen LogP contribution is -2.22. The summed E-state index contributed by atoms with van der Waals surface area (Å²) >= 11 is 0. The molecule has 1 aliphatic heterocycles. The molecule has 1 atom stereocenters. The van der Waals surface area contributed by atoms with Crippen LogP contribution in [-0.4, -0.2) is 35.9 Å². The number of benzene rings is 1. The number of halogens is 2. The molecule has 1 unspecified atom stereocenters. The number of hydrogen-bond acceptors (Lipinski definition) is 3. The second-order valence-corrected chi connectivity index (χ2v) is 4.71. The maximum atomic E-state index is 13.8. The number of rotatable bonds is 4. The fraction of sp³-hybridized carbons (Fsp3) is 0.462. The van der Waals surface area contributed by atoms with Crippen LogP contribution in [0.4, 0.5) is 14.5 Å². The van der Waals surface area contributed by atoms with Crippen molar-refractivity contribution >= 4 is 11.7 Å². The summed E-state index contributed by atoms with van der Waals surface area (Å²) in [7, 11) is 0. The van der Waals surface area contributed by atoms with Crippen molar-refractivity contribution in [1.29, 1.82) is 0 Å². The van der Waals surface area contributed by atoms with Gasteiger partial charge in [-0.3, -0.25) is 0 Å². The summed E-state index contributed by atoms with van der Waals surface area (Å²) in [4.78, 5) is 12.3. The van der Waals surface area contributed by atoms with Crippen LogP contribution in [0.15, 0.2) is 12.1 Å². The molecule has 1 aromatic carbocycles. The van der Waals surface area contributed by atoms with Crippen LogP contribution in [0.1, 0.15) is 23.2 Å². The van der Waals surface area contributed by atoms with E-state index >= 15 is 0 Å². The van der Waals surface area contributed by atoms with Crippen LogP contribution in [-0.2, 0) is 0 Å². The highest BCUT2D eigenvalue weighted by Crippen LogP contribution is 2.30. The number of carboxylic acids is 1. The molecule has 19 heavy (non-hydrogen) atoms. The Morgan fingerprint density at radius 3 is 2.53 bits per heavy atom. The molecule has 0 amide bonds. The summed E-state index contributed by atoms with van der Waals surface area (Å²) in [5.74, 6) is -2.86. The summed E-state index contributed by atoms with van der Waals surface area (Å²) < 4.78 is 27.7. The lowest BCUT2D eigenvalue weighted by Gasteiger charge is -2.20. The third-order valence-electron chi connectivity index (χ3n) is 3.40. The van der Waals surface area contributed by atoms with Gasteiger partial charge in [0.15, 0.2) is 0 Å². The van der Waals surface area contributed by atoms with Gasteiger partial charge < -0.3 is 15.1 Å². The van der Waals surface area contributed by atoms with E-state index in [-0.39, 0.29) is 18.2 Å². The molecule has 1 aliphatic rings. The number of anilines is 1. The Morgan fingerprint density at radius 1 is 1.37 bits per heavy atom. The summed E-state index contributed by atoms with van der Waals surface area (Å²) in [5.41, 5.74) is -0.574. The van der Waals surface area contributed by atoms with Crippen LogP contribution in [0, 0.1) is 17.6 Å². The number of aliphatic hydroxyl groups is 1. The quantitative estimate of drug-likeness (QED) is 0.877. The fourth-order valence-corrected chi connectivity index (χ4v) is 2.45. The number of aromatic carboxylic acids is 1. The molecule has 0 bridgehead atoms. The van der Waals surface area contributed by atoms with Gasteiger partial charge in [0.05, 0.1) is 5.56 Å². The van der Waals surface area contributed by atoms with Gasteiger partial charge in [-0.2, -0.15) is 0 Å². The van der Waals surface area contributed by atoms with E-state index < -0.39 is 23.2 Å². The van der Waals surface area contributed by atoms with E-state index in [0.717, 1.165) is 18.6 Å². The number of aliphatic hydroxyl groups excluding tert-OH is 1. The average molecular weight is 271 g/mol. The Labute approximate surface area is 109 Å². The lowest BCUT2D eigenvalue weighted by atomic mass is 10.1. The first kappa shape index (κ1) is 13.7. The Balaban J connectivity index is 2.24. The molecule has 1 aromatic rings. The number of carbonyl (C=O) groups is 1. The van der Waals surface area contributed by atoms with Gasteiger partial charge in [0.25, 0.3) is 0 Å². The standard InChI is InChI=1S/C13H15F2NO3/c14-10-5-9(13(18)19)6-11(15)12(10)16-3-1-8(7-16)2-4-17/h5-6,8,17H,1-4,7H2,(H,18,19). The molecule has 1 fully saturated rings. The predicted octanol–water partition coefficient (Wildman–Crippen LogP) is 1.87. The highest BCUT2D eigenvalue weighted by molar-refractivity contribution is 5.88. The Hall–Kier alpha value is -1.69. The van der Waals surface area contributed by atoms with Crippen molar-refractivity contribution in [3.05, 3.63) is 29.3 Å². The SMILES string of the molecule is O=C(O)c1cc(F)c(N2CCC(CCO)C2)c(F)c1. The lowest BCUT2D eigenvalue weighted by molar-refractivity contribution is 0.0695. The van der Waals surface area contributed by atoms with E-state index in [4.69, 9.17) is 10.2 Å². The zero-order chi connectivity index (χ0) is 14.0. The van der Waals surface area contributed by atoms with Gasteiger partial charge in [0.2, 0.25) is 0 Å². The molecule has 104 valence electrons. The van der Waals surface area contributed by atoms with Gasteiger partial charge >= 0.3 is 5.97 Å². The zero-order valence-corrected chi connectivity index (χ0v) is 10.3. The molecule has 0 radical (unpaired) electrons. The molecule has 0 aromatic heterocycles. The highest BCUT2D eigenvalue weighted by Gasteiger charge is 2.27. The molecular weight excluding hydrogens is 256 g/mol.